The Kier molecular flexibility index (Phi) is 5.18. The second-order valence-electron chi connectivity index (χ2n) is 6.41. The van der Waals surface area contributed by atoms with E-state index in [0.29, 0.717) is 21.1 Å². The topological polar surface area (TPSA) is 55.2 Å². The molecule has 0 radical (unpaired) electrons. The maximum Gasteiger partial charge on any atom is 0.266 e. The number of nitrogens with zero attached hydrogens (tertiary/aromatic N) is 3. The molecule has 27 heavy (non-hydrogen) atoms. The molecule has 0 unspecified atom stereocenters. The lowest BCUT2D eigenvalue weighted by molar-refractivity contribution is -0.127. The van der Waals surface area contributed by atoms with Crippen LogP contribution in [0.15, 0.2) is 58.5 Å². The van der Waals surface area contributed by atoms with E-state index >= 15 is 0 Å². The highest BCUT2D eigenvalue weighted by atomic mass is 35.5. The minimum atomic E-state index is -0.168. The van der Waals surface area contributed by atoms with Crippen molar-refractivity contribution in [3.05, 3.63) is 63.9 Å². The van der Waals surface area contributed by atoms with E-state index in [9.17, 15) is 9.59 Å². The molecule has 0 atom stereocenters. The Morgan fingerprint density at radius 3 is 2.59 bits per heavy atom. The fraction of sp³-hybridized carbons (Fsp3) is 0.250. The Labute approximate surface area is 166 Å². The summed E-state index contributed by atoms with van der Waals surface area (Å²) in [6, 6.07) is 14.4. The Balaban J connectivity index is 1.77. The Morgan fingerprint density at radius 1 is 1.11 bits per heavy atom. The molecule has 1 aliphatic heterocycles. The number of amides is 1. The third kappa shape index (κ3) is 3.73. The summed E-state index contributed by atoms with van der Waals surface area (Å²) in [5.74, 6) is 0.336. The fourth-order valence-electron chi connectivity index (χ4n) is 3.22. The van der Waals surface area contributed by atoms with Crippen molar-refractivity contribution in [2.45, 2.75) is 18.0 Å². The number of thioether (sulfide) groups is 1. The predicted molar refractivity (Wildman–Crippen MR) is 109 cm³/mol. The molecule has 1 saturated heterocycles. The molecule has 0 saturated carbocycles. The molecule has 0 spiro atoms. The molecule has 0 N–H and O–H groups in total. The van der Waals surface area contributed by atoms with Gasteiger partial charge in [0.05, 0.1) is 22.3 Å². The molecule has 3 aromatic rings. The third-order valence-electron chi connectivity index (χ3n) is 4.60. The van der Waals surface area contributed by atoms with Gasteiger partial charge in [-0.15, -0.1) is 0 Å². The molecule has 7 heteroatoms. The van der Waals surface area contributed by atoms with E-state index in [1.54, 1.807) is 22.8 Å². The number of fused-ring (bicyclic) bond motifs is 1. The van der Waals surface area contributed by atoms with Gasteiger partial charge < -0.3 is 4.90 Å². The van der Waals surface area contributed by atoms with Gasteiger partial charge in [0, 0.05) is 18.1 Å². The summed E-state index contributed by atoms with van der Waals surface area (Å²) < 4.78 is 1.57. The van der Waals surface area contributed by atoms with Crippen molar-refractivity contribution >= 4 is 40.2 Å². The van der Waals surface area contributed by atoms with E-state index < -0.39 is 0 Å². The van der Waals surface area contributed by atoms with Gasteiger partial charge in [-0.2, -0.15) is 0 Å². The molecule has 138 valence electrons. The first-order chi connectivity index (χ1) is 13.1. The van der Waals surface area contributed by atoms with E-state index in [2.05, 4.69) is 4.98 Å². The van der Waals surface area contributed by atoms with Crippen LogP contribution < -0.4 is 5.56 Å². The summed E-state index contributed by atoms with van der Waals surface area (Å²) in [6.07, 6.45) is 2.11. The van der Waals surface area contributed by atoms with Crippen molar-refractivity contribution in [2.24, 2.45) is 0 Å². The van der Waals surface area contributed by atoms with Gasteiger partial charge in [-0.05, 0) is 43.2 Å². The van der Waals surface area contributed by atoms with Crippen LogP contribution in [0.2, 0.25) is 5.02 Å². The number of carbonyl (C=O) groups excluding carboxylic acids is 1. The van der Waals surface area contributed by atoms with Gasteiger partial charge in [0.25, 0.3) is 5.56 Å². The largest absolute Gasteiger partial charge is 0.342 e. The van der Waals surface area contributed by atoms with Crippen LogP contribution in [0, 0.1) is 0 Å². The highest BCUT2D eigenvalue weighted by Crippen LogP contribution is 2.23. The summed E-state index contributed by atoms with van der Waals surface area (Å²) in [5, 5.41) is 1.52. The van der Waals surface area contributed by atoms with Crippen LogP contribution in [0.4, 0.5) is 0 Å². The lowest BCUT2D eigenvalue weighted by Crippen LogP contribution is -2.29. The molecule has 1 aromatic heterocycles. The van der Waals surface area contributed by atoms with Crippen molar-refractivity contribution in [3.63, 3.8) is 0 Å². The molecule has 1 amide bonds. The number of hydrogen-bond donors (Lipinski definition) is 0. The summed E-state index contributed by atoms with van der Waals surface area (Å²) in [5.41, 5.74) is 1.10. The van der Waals surface area contributed by atoms with Crippen LogP contribution in [0.1, 0.15) is 12.8 Å². The highest BCUT2D eigenvalue weighted by molar-refractivity contribution is 7.99. The van der Waals surface area contributed by atoms with Crippen molar-refractivity contribution in [1.29, 1.82) is 0 Å². The number of benzene rings is 2. The summed E-state index contributed by atoms with van der Waals surface area (Å²) in [6.45, 7) is 1.62. The first-order valence-corrected chi connectivity index (χ1v) is 10.2. The van der Waals surface area contributed by atoms with Crippen LogP contribution in [0.25, 0.3) is 16.6 Å². The van der Waals surface area contributed by atoms with Crippen molar-refractivity contribution in [1.82, 2.24) is 14.5 Å². The van der Waals surface area contributed by atoms with E-state index in [1.807, 2.05) is 35.2 Å². The van der Waals surface area contributed by atoms with Crippen LogP contribution in [-0.4, -0.2) is 39.2 Å². The number of likely N-dealkylation sites (tertiary alicyclic amines) is 1. The Morgan fingerprint density at radius 2 is 1.85 bits per heavy atom. The van der Waals surface area contributed by atoms with Crippen molar-refractivity contribution in [3.8, 4) is 5.69 Å². The number of carbonyl (C=O) groups is 1. The third-order valence-corrected chi connectivity index (χ3v) is 5.76. The van der Waals surface area contributed by atoms with E-state index in [-0.39, 0.29) is 17.2 Å². The van der Waals surface area contributed by atoms with E-state index in [4.69, 9.17) is 11.6 Å². The molecule has 5 nitrogen and oxygen atoms in total. The van der Waals surface area contributed by atoms with Gasteiger partial charge in [0.1, 0.15) is 0 Å². The van der Waals surface area contributed by atoms with Crippen molar-refractivity contribution < 1.29 is 4.79 Å². The second-order valence-corrected chi connectivity index (χ2v) is 7.79. The zero-order valence-corrected chi connectivity index (χ0v) is 16.2. The summed E-state index contributed by atoms with van der Waals surface area (Å²) in [7, 11) is 0. The van der Waals surface area contributed by atoms with Gasteiger partial charge in [0.15, 0.2) is 5.16 Å². The minimum Gasteiger partial charge on any atom is -0.342 e. The van der Waals surface area contributed by atoms with Gasteiger partial charge in [-0.25, -0.2) is 4.98 Å². The average Bonchev–Trinajstić information content (AvgIpc) is 3.21. The molecular formula is C20H18ClN3O2S. The molecule has 0 bridgehead atoms. The SMILES string of the molecule is O=C(CSc1nc2cc(Cl)ccc2c(=O)n1-c1ccccc1)N1CCCC1. The van der Waals surface area contributed by atoms with Gasteiger partial charge in [-0.1, -0.05) is 41.6 Å². The zero-order valence-electron chi connectivity index (χ0n) is 14.6. The van der Waals surface area contributed by atoms with Gasteiger partial charge in [-0.3, -0.25) is 14.2 Å². The van der Waals surface area contributed by atoms with E-state index in [1.165, 1.54) is 11.8 Å². The first kappa shape index (κ1) is 18.1. The molecular weight excluding hydrogens is 382 g/mol. The Bertz CT molecular complexity index is 1050. The fourth-order valence-corrected chi connectivity index (χ4v) is 4.31. The molecule has 2 aromatic carbocycles. The van der Waals surface area contributed by atoms with Gasteiger partial charge >= 0.3 is 0 Å². The highest BCUT2D eigenvalue weighted by Gasteiger charge is 2.20. The Hall–Kier alpha value is -2.31. The number of hydrogen-bond acceptors (Lipinski definition) is 4. The average molecular weight is 400 g/mol. The first-order valence-electron chi connectivity index (χ1n) is 8.82. The smallest absolute Gasteiger partial charge is 0.266 e. The molecule has 0 aliphatic carbocycles. The number of para-hydroxylation sites is 1. The maximum atomic E-state index is 13.1. The standard InChI is InChI=1S/C20H18ClN3O2S/c21-14-8-9-16-17(12-14)22-20(27-13-18(25)23-10-4-5-11-23)24(19(16)26)15-6-2-1-3-7-15/h1-3,6-9,12H,4-5,10-11,13H2. The van der Waals surface area contributed by atoms with Crippen LogP contribution in [0.5, 0.6) is 0 Å². The van der Waals surface area contributed by atoms with Crippen LogP contribution in [-0.2, 0) is 4.79 Å². The number of rotatable bonds is 4. The molecule has 2 heterocycles. The summed E-state index contributed by atoms with van der Waals surface area (Å²) in [4.78, 5) is 32.1. The predicted octanol–water partition coefficient (Wildman–Crippen LogP) is 3.75. The quantitative estimate of drug-likeness (QED) is 0.495. The second kappa shape index (κ2) is 7.74. The molecule has 1 fully saturated rings. The van der Waals surface area contributed by atoms with Gasteiger partial charge in [0.2, 0.25) is 5.91 Å². The van der Waals surface area contributed by atoms with Crippen LogP contribution >= 0.6 is 23.4 Å². The van der Waals surface area contributed by atoms with Crippen molar-refractivity contribution in [2.75, 3.05) is 18.8 Å². The lowest BCUT2D eigenvalue weighted by atomic mass is 10.2. The minimum absolute atomic E-state index is 0.0811. The zero-order chi connectivity index (χ0) is 18.8. The van der Waals surface area contributed by atoms with E-state index in [0.717, 1.165) is 31.6 Å². The lowest BCUT2D eigenvalue weighted by Gasteiger charge is -2.16. The summed E-state index contributed by atoms with van der Waals surface area (Å²) >= 11 is 7.37. The number of halogens is 1. The molecule has 1 aliphatic rings. The maximum absolute atomic E-state index is 13.1. The monoisotopic (exact) mass is 399 g/mol. The molecule has 4 rings (SSSR count). The van der Waals surface area contributed by atoms with Crippen LogP contribution in [0.3, 0.4) is 0 Å². The normalized spacial score (nSPS) is 14.0. The number of aromatic nitrogens is 2.